The summed E-state index contributed by atoms with van der Waals surface area (Å²) in [5, 5.41) is 0. The van der Waals surface area contributed by atoms with Gasteiger partial charge in [0.1, 0.15) is 12.4 Å². The first kappa shape index (κ1) is 10.9. The van der Waals surface area contributed by atoms with Crippen LogP contribution < -0.4 is 10.5 Å². The molecule has 1 heterocycles. The van der Waals surface area contributed by atoms with Crippen LogP contribution in [0.1, 0.15) is 5.69 Å². The Morgan fingerprint density at radius 1 is 1.25 bits per heavy atom. The van der Waals surface area contributed by atoms with Crippen molar-refractivity contribution < 1.29 is 4.74 Å². The molecule has 1 aromatic heterocycles. The fourth-order valence-electron chi connectivity index (χ4n) is 1.19. The van der Waals surface area contributed by atoms with Gasteiger partial charge in [-0.3, -0.25) is 0 Å². The first-order chi connectivity index (χ1) is 7.75. The molecule has 82 valence electrons. The third-order valence-electron chi connectivity index (χ3n) is 1.95. The lowest BCUT2D eigenvalue weighted by Crippen LogP contribution is -2.03. The fourth-order valence-corrected chi connectivity index (χ4v) is 1.49. The number of anilines is 1. The molecule has 0 amide bonds. The van der Waals surface area contributed by atoms with Crippen LogP contribution in [-0.2, 0) is 6.61 Å². The Balaban J connectivity index is 2.08. The molecular weight excluding hydrogens is 270 g/mol. The molecule has 0 saturated carbocycles. The third-order valence-corrected chi connectivity index (χ3v) is 2.62. The summed E-state index contributed by atoms with van der Waals surface area (Å²) in [6.45, 7) is 0.358. The van der Waals surface area contributed by atoms with E-state index in [1.807, 2.05) is 30.3 Å². The number of para-hydroxylation sites is 1. The lowest BCUT2D eigenvalue weighted by atomic mass is 10.3. The second-order valence-electron chi connectivity index (χ2n) is 3.12. The molecule has 0 aliphatic carbocycles. The normalized spacial score (nSPS) is 10.1. The number of halogens is 1. The van der Waals surface area contributed by atoms with Crippen LogP contribution in [0.5, 0.6) is 5.75 Å². The van der Waals surface area contributed by atoms with Crippen LogP contribution in [0.4, 0.5) is 5.95 Å². The quantitative estimate of drug-likeness (QED) is 0.937. The molecule has 0 aliphatic rings. The van der Waals surface area contributed by atoms with Gasteiger partial charge in [0.05, 0.1) is 10.2 Å². The van der Waals surface area contributed by atoms with Gasteiger partial charge in [-0.2, -0.15) is 0 Å². The van der Waals surface area contributed by atoms with Gasteiger partial charge in [-0.1, -0.05) is 18.2 Å². The Hall–Kier alpha value is -1.62. The fraction of sp³-hybridized carbons (Fsp3) is 0.0909. The summed E-state index contributed by atoms with van der Waals surface area (Å²) < 4.78 is 6.34. The first-order valence-corrected chi connectivity index (χ1v) is 5.50. The van der Waals surface area contributed by atoms with Crippen LogP contribution in [0.2, 0.25) is 0 Å². The molecule has 0 bridgehead atoms. The highest BCUT2D eigenvalue weighted by Gasteiger charge is 2.04. The minimum absolute atomic E-state index is 0.245. The highest BCUT2D eigenvalue weighted by molar-refractivity contribution is 9.10. The number of benzene rings is 1. The second-order valence-corrected chi connectivity index (χ2v) is 3.98. The van der Waals surface area contributed by atoms with Gasteiger partial charge in [0.25, 0.3) is 0 Å². The maximum atomic E-state index is 5.55. The molecule has 4 nitrogen and oxygen atoms in total. The topological polar surface area (TPSA) is 61.0 Å². The first-order valence-electron chi connectivity index (χ1n) is 4.70. The lowest BCUT2D eigenvalue weighted by Gasteiger charge is -2.06. The predicted octanol–water partition coefficient (Wildman–Crippen LogP) is 2.40. The molecule has 0 saturated heterocycles. The molecule has 0 unspecified atom stereocenters. The summed E-state index contributed by atoms with van der Waals surface area (Å²) in [7, 11) is 0. The number of aromatic nitrogens is 2. The summed E-state index contributed by atoms with van der Waals surface area (Å²) in [5.74, 6) is 1.04. The zero-order chi connectivity index (χ0) is 11.4. The van der Waals surface area contributed by atoms with Crippen molar-refractivity contribution in [2.45, 2.75) is 6.61 Å². The number of nitrogens with two attached hydrogens (primary N) is 1. The SMILES string of the molecule is Nc1ncc(Br)c(COc2ccccc2)n1. The van der Waals surface area contributed by atoms with Crippen LogP contribution in [0.15, 0.2) is 41.0 Å². The molecule has 0 spiro atoms. The Morgan fingerprint density at radius 3 is 2.75 bits per heavy atom. The Labute approximate surface area is 102 Å². The van der Waals surface area contributed by atoms with Crippen molar-refractivity contribution in [2.24, 2.45) is 0 Å². The van der Waals surface area contributed by atoms with E-state index >= 15 is 0 Å². The average Bonchev–Trinajstić information content (AvgIpc) is 2.32. The van der Waals surface area contributed by atoms with E-state index in [1.54, 1.807) is 6.20 Å². The van der Waals surface area contributed by atoms with E-state index in [2.05, 4.69) is 25.9 Å². The maximum absolute atomic E-state index is 5.55. The Kier molecular flexibility index (Phi) is 3.36. The van der Waals surface area contributed by atoms with Crippen molar-refractivity contribution in [1.82, 2.24) is 9.97 Å². The van der Waals surface area contributed by atoms with Crippen LogP contribution in [0.25, 0.3) is 0 Å². The van der Waals surface area contributed by atoms with Crippen molar-refractivity contribution in [2.75, 3.05) is 5.73 Å². The number of ether oxygens (including phenoxy) is 1. The zero-order valence-corrected chi connectivity index (χ0v) is 10.0. The Bertz CT molecular complexity index is 476. The molecule has 0 fully saturated rings. The van der Waals surface area contributed by atoms with E-state index in [-0.39, 0.29) is 5.95 Å². The minimum atomic E-state index is 0.245. The summed E-state index contributed by atoms with van der Waals surface area (Å²) in [6.07, 6.45) is 1.62. The van der Waals surface area contributed by atoms with E-state index < -0.39 is 0 Å². The molecule has 2 aromatic rings. The van der Waals surface area contributed by atoms with E-state index in [4.69, 9.17) is 10.5 Å². The summed E-state index contributed by atoms with van der Waals surface area (Å²) in [5.41, 5.74) is 6.23. The maximum Gasteiger partial charge on any atom is 0.220 e. The lowest BCUT2D eigenvalue weighted by molar-refractivity contribution is 0.300. The predicted molar refractivity (Wildman–Crippen MR) is 64.9 cm³/mol. The van der Waals surface area contributed by atoms with Gasteiger partial charge in [0.2, 0.25) is 5.95 Å². The number of nitrogens with zero attached hydrogens (tertiary/aromatic N) is 2. The van der Waals surface area contributed by atoms with Gasteiger partial charge in [-0.15, -0.1) is 0 Å². The molecule has 16 heavy (non-hydrogen) atoms. The molecule has 0 radical (unpaired) electrons. The number of rotatable bonds is 3. The third kappa shape index (κ3) is 2.70. The number of nitrogen functional groups attached to an aromatic ring is 1. The van der Waals surface area contributed by atoms with Gasteiger partial charge in [-0.05, 0) is 28.1 Å². The monoisotopic (exact) mass is 279 g/mol. The standard InChI is InChI=1S/C11H10BrN3O/c12-9-6-14-11(13)15-10(9)7-16-8-4-2-1-3-5-8/h1-6H,7H2,(H2,13,14,15). The summed E-state index contributed by atoms with van der Waals surface area (Å²) in [4.78, 5) is 7.94. The highest BCUT2D eigenvalue weighted by atomic mass is 79.9. The second kappa shape index (κ2) is 4.94. The molecular formula is C11H10BrN3O. The minimum Gasteiger partial charge on any atom is -0.487 e. The molecule has 1 aromatic carbocycles. The van der Waals surface area contributed by atoms with Crippen LogP contribution in [0, 0.1) is 0 Å². The average molecular weight is 280 g/mol. The number of hydrogen-bond donors (Lipinski definition) is 1. The number of hydrogen-bond acceptors (Lipinski definition) is 4. The zero-order valence-electron chi connectivity index (χ0n) is 8.43. The van der Waals surface area contributed by atoms with E-state index in [1.165, 1.54) is 0 Å². The molecule has 5 heteroatoms. The van der Waals surface area contributed by atoms with E-state index in [0.717, 1.165) is 15.9 Å². The van der Waals surface area contributed by atoms with Crippen LogP contribution >= 0.6 is 15.9 Å². The molecule has 2 N–H and O–H groups in total. The van der Waals surface area contributed by atoms with Crippen LogP contribution in [0.3, 0.4) is 0 Å². The van der Waals surface area contributed by atoms with Gasteiger partial charge in [0, 0.05) is 6.20 Å². The van der Waals surface area contributed by atoms with Crippen molar-refractivity contribution in [3.8, 4) is 5.75 Å². The summed E-state index contributed by atoms with van der Waals surface area (Å²) in [6, 6.07) is 9.54. The van der Waals surface area contributed by atoms with Crippen LogP contribution in [-0.4, -0.2) is 9.97 Å². The van der Waals surface area contributed by atoms with Gasteiger partial charge in [0.15, 0.2) is 0 Å². The van der Waals surface area contributed by atoms with Crippen molar-refractivity contribution in [3.63, 3.8) is 0 Å². The van der Waals surface area contributed by atoms with Gasteiger partial charge < -0.3 is 10.5 Å². The largest absolute Gasteiger partial charge is 0.487 e. The molecule has 0 aliphatic heterocycles. The van der Waals surface area contributed by atoms with Crippen molar-refractivity contribution in [3.05, 3.63) is 46.7 Å². The van der Waals surface area contributed by atoms with Gasteiger partial charge >= 0.3 is 0 Å². The molecule has 2 rings (SSSR count). The smallest absolute Gasteiger partial charge is 0.220 e. The van der Waals surface area contributed by atoms with Crippen molar-refractivity contribution >= 4 is 21.9 Å². The summed E-state index contributed by atoms with van der Waals surface area (Å²) >= 11 is 3.34. The van der Waals surface area contributed by atoms with E-state index in [9.17, 15) is 0 Å². The van der Waals surface area contributed by atoms with Gasteiger partial charge in [-0.25, -0.2) is 9.97 Å². The Morgan fingerprint density at radius 2 is 2.00 bits per heavy atom. The van der Waals surface area contributed by atoms with Crippen molar-refractivity contribution in [1.29, 1.82) is 0 Å². The van der Waals surface area contributed by atoms with E-state index in [0.29, 0.717) is 6.61 Å². The highest BCUT2D eigenvalue weighted by Crippen LogP contribution is 2.17. The molecule has 0 atom stereocenters.